The van der Waals surface area contributed by atoms with Crippen LogP contribution < -0.4 is 10.6 Å². The van der Waals surface area contributed by atoms with Crippen molar-refractivity contribution >= 4 is 23.7 Å². The minimum Gasteiger partial charge on any atom is -0.480 e. The maximum atomic E-state index is 12.9. The van der Waals surface area contributed by atoms with Crippen LogP contribution in [0.4, 0.5) is 10.5 Å². The van der Waals surface area contributed by atoms with Crippen LogP contribution in [0, 0.1) is 0 Å². The van der Waals surface area contributed by atoms with E-state index in [1.807, 2.05) is 43.3 Å². The van der Waals surface area contributed by atoms with E-state index >= 15 is 0 Å². The smallest absolute Gasteiger partial charge is 0.411 e. The third-order valence-electron chi connectivity index (χ3n) is 6.21. The standard InChI is InChI=1S/C27H27N3O5/c1-3-14-27(2,25(32)33)30-24(31)23-22(13-8-15-28-23)29-26(34)35-16-21-19-11-6-4-9-17(19)18-10-5-7-12-20(18)21/h4-13,15,21H,3,14,16H2,1-2H3,(H,29,34)(H,30,31)(H,32,33). The molecule has 180 valence electrons. The molecule has 0 saturated carbocycles. The highest BCUT2D eigenvalue weighted by Gasteiger charge is 2.35. The number of aromatic nitrogens is 1. The zero-order valence-electron chi connectivity index (χ0n) is 19.6. The van der Waals surface area contributed by atoms with Crippen LogP contribution in [-0.2, 0) is 9.53 Å². The first-order valence-electron chi connectivity index (χ1n) is 11.5. The summed E-state index contributed by atoms with van der Waals surface area (Å²) >= 11 is 0. The maximum Gasteiger partial charge on any atom is 0.411 e. The summed E-state index contributed by atoms with van der Waals surface area (Å²) in [6, 6.07) is 19.1. The Morgan fingerprint density at radius 3 is 2.23 bits per heavy atom. The van der Waals surface area contributed by atoms with Crippen LogP contribution in [0.3, 0.4) is 0 Å². The number of aliphatic carboxylic acids is 1. The number of rotatable bonds is 8. The number of amides is 2. The van der Waals surface area contributed by atoms with Crippen LogP contribution in [0.1, 0.15) is 54.2 Å². The van der Waals surface area contributed by atoms with Gasteiger partial charge in [-0.25, -0.2) is 14.6 Å². The molecule has 8 nitrogen and oxygen atoms in total. The fourth-order valence-electron chi connectivity index (χ4n) is 4.46. The second-order valence-corrected chi connectivity index (χ2v) is 8.69. The quantitative estimate of drug-likeness (QED) is 0.432. The number of nitrogens with one attached hydrogen (secondary N) is 2. The van der Waals surface area contributed by atoms with Gasteiger partial charge in [0.05, 0.1) is 5.69 Å². The molecule has 0 spiro atoms. The highest BCUT2D eigenvalue weighted by molar-refractivity contribution is 6.02. The first-order valence-corrected chi connectivity index (χ1v) is 11.5. The van der Waals surface area contributed by atoms with Crippen LogP contribution in [0.15, 0.2) is 66.9 Å². The van der Waals surface area contributed by atoms with Crippen molar-refractivity contribution in [3.05, 3.63) is 83.7 Å². The van der Waals surface area contributed by atoms with Gasteiger partial charge in [0, 0.05) is 12.1 Å². The average molecular weight is 474 g/mol. The largest absolute Gasteiger partial charge is 0.480 e. The molecule has 1 aliphatic carbocycles. The summed E-state index contributed by atoms with van der Waals surface area (Å²) in [4.78, 5) is 41.3. The molecule has 3 N–H and O–H groups in total. The Morgan fingerprint density at radius 2 is 1.63 bits per heavy atom. The molecule has 0 bridgehead atoms. The monoisotopic (exact) mass is 473 g/mol. The number of hydrogen-bond donors (Lipinski definition) is 3. The molecular formula is C27H27N3O5. The van der Waals surface area contributed by atoms with Crippen LogP contribution in [0.25, 0.3) is 11.1 Å². The van der Waals surface area contributed by atoms with Gasteiger partial charge in [0.2, 0.25) is 0 Å². The number of hydrogen-bond acceptors (Lipinski definition) is 5. The van der Waals surface area contributed by atoms with Gasteiger partial charge in [0.25, 0.3) is 5.91 Å². The lowest BCUT2D eigenvalue weighted by Gasteiger charge is -2.26. The molecule has 4 rings (SSSR count). The lowest BCUT2D eigenvalue weighted by Crippen LogP contribution is -2.52. The predicted molar refractivity (Wildman–Crippen MR) is 131 cm³/mol. The van der Waals surface area contributed by atoms with Gasteiger partial charge in [-0.15, -0.1) is 0 Å². The summed E-state index contributed by atoms with van der Waals surface area (Å²) in [6.07, 6.45) is 1.48. The van der Waals surface area contributed by atoms with Gasteiger partial charge in [-0.1, -0.05) is 61.9 Å². The molecule has 1 unspecified atom stereocenters. The second kappa shape index (κ2) is 9.97. The Bertz CT molecular complexity index is 1230. The van der Waals surface area contributed by atoms with Gasteiger partial charge < -0.3 is 15.2 Å². The van der Waals surface area contributed by atoms with Gasteiger partial charge in [-0.2, -0.15) is 0 Å². The number of carboxylic acids is 1. The topological polar surface area (TPSA) is 118 Å². The molecule has 2 amide bonds. The Hall–Kier alpha value is -4.20. The highest BCUT2D eigenvalue weighted by Crippen LogP contribution is 2.44. The Labute approximate surface area is 203 Å². The minimum absolute atomic E-state index is 0.0930. The van der Waals surface area contributed by atoms with Crippen LogP contribution >= 0.6 is 0 Å². The molecule has 3 aromatic rings. The molecule has 1 heterocycles. The lowest BCUT2D eigenvalue weighted by molar-refractivity contribution is -0.144. The Morgan fingerprint density at radius 1 is 1.00 bits per heavy atom. The van der Waals surface area contributed by atoms with Crippen molar-refractivity contribution in [2.45, 2.75) is 38.1 Å². The molecule has 8 heteroatoms. The maximum absolute atomic E-state index is 12.9. The summed E-state index contributed by atoms with van der Waals surface area (Å²) in [5, 5.41) is 14.7. The number of nitrogens with zero attached hydrogens (tertiary/aromatic N) is 1. The van der Waals surface area contributed by atoms with Crippen LogP contribution in [0.2, 0.25) is 0 Å². The van der Waals surface area contributed by atoms with E-state index in [0.29, 0.717) is 6.42 Å². The molecule has 35 heavy (non-hydrogen) atoms. The number of anilines is 1. The summed E-state index contributed by atoms with van der Waals surface area (Å²) < 4.78 is 5.55. The Kier molecular flexibility index (Phi) is 6.82. The summed E-state index contributed by atoms with van der Waals surface area (Å²) in [5.74, 6) is -1.94. The van der Waals surface area contributed by atoms with Crippen molar-refractivity contribution in [2.24, 2.45) is 0 Å². The SMILES string of the molecule is CCCC(C)(NC(=O)c1ncccc1NC(=O)OCC1c2ccccc2-c2ccccc21)C(=O)O. The minimum atomic E-state index is -1.45. The number of carbonyl (C=O) groups is 3. The normalized spacial score (nSPS) is 13.8. The number of ether oxygens (including phenoxy) is 1. The van der Waals surface area contributed by atoms with Crippen molar-refractivity contribution < 1.29 is 24.2 Å². The van der Waals surface area contributed by atoms with Gasteiger partial charge in [0.15, 0.2) is 5.69 Å². The van der Waals surface area contributed by atoms with Crippen molar-refractivity contribution in [1.29, 1.82) is 0 Å². The van der Waals surface area contributed by atoms with E-state index in [-0.39, 0.29) is 30.3 Å². The zero-order valence-corrected chi connectivity index (χ0v) is 19.6. The fourth-order valence-corrected chi connectivity index (χ4v) is 4.46. The molecular weight excluding hydrogens is 446 g/mol. The summed E-state index contributed by atoms with van der Waals surface area (Å²) in [5.41, 5.74) is 3.01. The molecule has 0 aliphatic heterocycles. The molecule has 2 aromatic carbocycles. The van der Waals surface area contributed by atoms with Crippen molar-refractivity contribution in [3.8, 4) is 11.1 Å². The summed E-state index contributed by atoms with van der Waals surface area (Å²) in [6.45, 7) is 3.39. The number of carboxylic acid groups (broad SMARTS) is 1. The van der Waals surface area contributed by atoms with E-state index in [1.165, 1.54) is 19.2 Å². The molecule has 1 atom stereocenters. The number of pyridine rings is 1. The number of carbonyl (C=O) groups excluding carboxylic acids is 2. The average Bonchev–Trinajstić information content (AvgIpc) is 3.17. The van der Waals surface area contributed by atoms with Gasteiger partial charge in [0.1, 0.15) is 12.1 Å². The highest BCUT2D eigenvalue weighted by atomic mass is 16.5. The van der Waals surface area contributed by atoms with Crippen LogP contribution in [0.5, 0.6) is 0 Å². The van der Waals surface area contributed by atoms with Gasteiger partial charge in [-0.05, 0) is 47.7 Å². The van der Waals surface area contributed by atoms with Crippen LogP contribution in [-0.4, -0.2) is 40.2 Å². The van der Waals surface area contributed by atoms with E-state index in [4.69, 9.17) is 4.74 Å². The lowest BCUT2D eigenvalue weighted by atomic mass is 9.96. The van der Waals surface area contributed by atoms with Gasteiger partial charge >= 0.3 is 12.1 Å². The van der Waals surface area contributed by atoms with E-state index in [0.717, 1.165) is 22.3 Å². The molecule has 1 aliphatic rings. The fraction of sp³-hybridized carbons (Fsp3) is 0.259. The van der Waals surface area contributed by atoms with E-state index in [2.05, 4.69) is 27.8 Å². The third-order valence-corrected chi connectivity index (χ3v) is 6.21. The zero-order chi connectivity index (χ0) is 25.0. The molecule has 0 saturated heterocycles. The van der Waals surface area contributed by atoms with Crippen molar-refractivity contribution in [2.75, 3.05) is 11.9 Å². The molecule has 1 aromatic heterocycles. The second-order valence-electron chi connectivity index (χ2n) is 8.69. The van der Waals surface area contributed by atoms with E-state index in [1.54, 1.807) is 6.07 Å². The Balaban J connectivity index is 1.47. The number of fused-ring (bicyclic) bond motifs is 3. The summed E-state index contributed by atoms with van der Waals surface area (Å²) in [7, 11) is 0. The third kappa shape index (κ3) is 4.87. The van der Waals surface area contributed by atoms with E-state index in [9.17, 15) is 19.5 Å². The first-order chi connectivity index (χ1) is 16.8. The van der Waals surface area contributed by atoms with Gasteiger partial charge in [-0.3, -0.25) is 10.1 Å². The van der Waals surface area contributed by atoms with E-state index < -0.39 is 23.5 Å². The molecule has 0 fully saturated rings. The first kappa shape index (κ1) is 23.9. The van der Waals surface area contributed by atoms with Crippen molar-refractivity contribution in [1.82, 2.24) is 10.3 Å². The number of benzene rings is 2. The van der Waals surface area contributed by atoms with Crippen molar-refractivity contribution in [3.63, 3.8) is 0 Å². The predicted octanol–water partition coefficient (Wildman–Crippen LogP) is 4.82. The molecule has 0 radical (unpaired) electrons.